The molecule has 1 aliphatic heterocycles. The Morgan fingerprint density at radius 2 is 1.95 bits per heavy atom. The topological polar surface area (TPSA) is 29.3 Å². The fraction of sp³-hybridized carbons (Fsp3) is 0.571. The molecule has 0 saturated carbocycles. The van der Waals surface area contributed by atoms with E-state index >= 15 is 0 Å². The summed E-state index contributed by atoms with van der Waals surface area (Å²) in [6, 6.07) is 3.93. The van der Waals surface area contributed by atoms with Crippen LogP contribution in [0.1, 0.15) is 32.3 Å². The van der Waals surface area contributed by atoms with Gasteiger partial charge in [0.15, 0.2) is 0 Å². The molecule has 2 atom stereocenters. The molecule has 2 unspecified atom stereocenters. The number of nitrogens with two attached hydrogens (primary N) is 1. The van der Waals surface area contributed by atoms with Gasteiger partial charge in [0.2, 0.25) is 0 Å². The molecular weight excluding hydrogens is 253 g/mol. The number of nitrogens with zero attached hydrogens (tertiary/aromatic N) is 1. The molecule has 0 aliphatic carbocycles. The lowest BCUT2D eigenvalue weighted by Gasteiger charge is -2.40. The van der Waals surface area contributed by atoms with Crippen molar-refractivity contribution >= 4 is 11.4 Å². The van der Waals surface area contributed by atoms with Crippen molar-refractivity contribution in [2.45, 2.75) is 38.9 Å². The van der Waals surface area contributed by atoms with Crippen LogP contribution in [0.3, 0.4) is 0 Å². The van der Waals surface area contributed by atoms with Gasteiger partial charge in [0, 0.05) is 18.3 Å². The lowest BCUT2D eigenvalue weighted by Crippen LogP contribution is -2.43. The second kappa shape index (κ2) is 4.94. The third kappa shape index (κ3) is 2.80. The van der Waals surface area contributed by atoms with E-state index in [4.69, 9.17) is 5.73 Å². The monoisotopic (exact) mass is 272 g/mol. The highest BCUT2D eigenvalue weighted by Crippen LogP contribution is 2.40. The van der Waals surface area contributed by atoms with Crippen molar-refractivity contribution < 1.29 is 13.2 Å². The highest BCUT2D eigenvalue weighted by molar-refractivity contribution is 5.63. The van der Waals surface area contributed by atoms with Crippen molar-refractivity contribution in [1.82, 2.24) is 0 Å². The van der Waals surface area contributed by atoms with Gasteiger partial charge in [0.25, 0.3) is 0 Å². The van der Waals surface area contributed by atoms with Crippen LogP contribution in [0.5, 0.6) is 0 Å². The van der Waals surface area contributed by atoms with Crippen LogP contribution in [0, 0.1) is 5.92 Å². The molecule has 1 heterocycles. The molecule has 1 aliphatic rings. The fourth-order valence-corrected chi connectivity index (χ4v) is 2.70. The van der Waals surface area contributed by atoms with Gasteiger partial charge in [-0.3, -0.25) is 0 Å². The highest BCUT2D eigenvalue weighted by Gasteiger charge is 2.37. The molecule has 106 valence electrons. The number of nitrogen functional groups attached to an aromatic ring is 1. The Labute approximate surface area is 111 Å². The Balaban J connectivity index is 2.45. The van der Waals surface area contributed by atoms with Crippen LogP contribution >= 0.6 is 0 Å². The second-order valence-corrected chi connectivity index (χ2v) is 5.33. The van der Waals surface area contributed by atoms with Crippen molar-refractivity contribution in [3.63, 3.8) is 0 Å². The second-order valence-electron chi connectivity index (χ2n) is 5.33. The molecule has 5 heteroatoms. The van der Waals surface area contributed by atoms with Crippen LogP contribution < -0.4 is 10.6 Å². The average Bonchev–Trinajstić information content (AvgIpc) is 2.31. The van der Waals surface area contributed by atoms with Gasteiger partial charge >= 0.3 is 6.18 Å². The molecule has 2 rings (SSSR count). The van der Waals surface area contributed by atoms with Crippen LogP contribution in [0.15, 0.2) is 18.2 Å². The maximum atomic E-state index is 13.1. The zero-order valence-corrected chi connectivity index (χ0v) is 11.2. The van der Waals surface area contributed by atoms with Gasteiger partial charge < -0.3 is 10.6 Å². The molecule has 1 saturated heterocycles. The summed E-state index contributed by atoms with van der Waals surface area (Å²) in [4.78, 5) is 1.84. The van der Waals surface area contributed by atoms with E-state index < -0.39 is 11.7 Å². The Morgan fingerprint density at radius 1 is 1.26 bits per heavy atom. The van der Waals surface area contributed by atoms with Crippen LogP contribution in [-0.2, 0) is 6.18 Å². The molecule has 19 heavy (non-hydrogen) atoms. The third-order valence-electron chi connectivity index (χ3n) is 4.01. The van der Waals surface area contributed by atoms with Crippen LogP contribution in [0.4, 0.5) is 24.5 Å². The average molecular weight is 272 g/mol. The molecular formula is C14H19F3N2. The molecule has 2 nitrogen and oxygen atoms in total. The van der Waals surface area contributed by atoms with Gasteiger partial charge in [-0.05, 0) is 43.9 Å². The largest absolute Gasteiger partial charge is 0.418 e. The first kappa shape index (κ1) is 14.0. The first-order valence-electron chi connectivity index (χ1n) is 6.54. The summed E-state index contributed by atoms with van der Waals surface area (Å²) in [5, 5.41) is 0. The maximum absolute atomic E-state index is 13.1. The number of anilines is 2. The third-order valence-corrected chi connectivity index (χ3v) is 4.01. The minimum Gasteiger partial charge on any atom is -0.399 e. The van der Waals surface area contributed by atoms with E-state index in [1.807, 2.05) is 11.8 Å². The zero-order chi connectivity index (χ0) is 14.2. The molecule has 0 amide bonds. The van der Waals surface area contributed by atoms with Crippen molar-refractivity contribution in [1.29, 1.82) is 0 Å². The lowest BCUT2D eigenvalue weighted by molar-refractivity contribution is -0.137. The van der Waals surface area contributed by atoms with Crippen molar-refractivity contribution in [2.24, 2.45) is 5.92 Å². The maximum Gasteiger partial charge on any atom is 0.418 e. The Morgan fingerprint density at radius 3 is 2.58 bits per heavy atom. The number of hydrogen-bond donors (Lipinski definition) is 1. The molecule has 1 aromatic carbocycles. The predicted octanol–water partition coefficient (Wildman–Crippen LogP) is 3.91. The Kier molecular flexibility index (Phi) is 3.65. The standard InChI is InChI=1S/C14H19F3N2/c1-9-4-3-7-19(10(9)2)13-8-11(18)5-6-12(13)14(15,16)17/h5-6,8-10H,3-4,7,18H2,1-2H3. The molecule has 2 N–H and O–H groups in total. The number of rotatable bonds is 1. The summed E-state index contributed by atoms with van der Waals surface area (Å²) in [6.45, 7) is 4.71. The van der Waals surface area contributed by atoms with E-state index in [9.17, 15) is 13.2 Å². The van der Waals surface area contributed by atoms with Gasteiger partial charge in [0.05, 0.1) is 11.3 Å². The van der Waals surface area contributed by atoms with Crippen molar-refractivity contribution in [3.05, 3.63) is 23.8 Å². The summed E-state index contributed by atoms with van der Waals surface area (Å²) >= 11 is 0. The molecule has 0 bridgehead atoms. The van der Waals surface area contributed by atoms with Gasteiger partial charge in [-0.15, -0.1) is 0 Å². The summed E-state index contributed by atoms with van der Waals surface area (Å²) in [6.07, 6.45) is -2.37. The van der Waals surface area contributed by atoms with Gasteiger partial charge in [-0.1, -0.05) is 6.92 Å². The minimum atomic E-state index is -4.34. The molecule has 0 aromatic heterocycles. The van der Waals surface area contributed by atoms with E-state index in [0.29, 0.717) is 18.2 Å². The normalized spacial score (nSPS) is 24.6. The van der Waals surface area contributed by atoms with E-state index in [1.54, 1.807) is 0 Å². The fourth-order valence-electron chi connectivity index (χ4n) is 2.70. The number of piperidine rings is 1. The van der Waals surface area contributed by atoms with Crippen molar-refractivity contribution in [2.75, 3.05) is 17.2 Å². The Hall–Kier alpha value is -1.39. The summed E-state index contributed by atoms with van der Waals surface area (Å²) in [5.74, 6) is 0.385. The quantitative estimate of drug-likeness (QED) is 0.785. The van der Waals surface area contributed by atoms with E-state index in [1.165, 1.54) is 12.1 Å². The number of alkyl halides is 3. The van der Waals surface area contributed by atoms with E-state index in [-0.39, 0.29) is 11.7 Å². The zero-order valence-electron chi connectivity index (χ0n) is 11.2. The first-order valence-corrected chi connectivity index (χ1v) is 6.54. The summed E-state index contributed by atoms with van der Waals surface area (Å²) < 4.78 is 39.3. The van der Waals surface area contributed by atoms with Gasteiger partial charge in [0.1, 0.15) is 0 Å². The number of benzene rings is 1. The SMILES string of the molecule is CC1CCCN(c2cc(N)ccc2C(F)(F)F)C1C. The molecule has 0 spiro atoms. The number of hydrogen-bond acceptors (Lipinski definition) is 2. The molecule has 0 radical (unpaired) electrons. The first-order chi connectivity index (χ1) is 8.80. The lowest BCUT2D eigenvalue weighted by atomic mass is 9.91. The van der Waals surface area contributed by atoms with E-state index in [0.717, 1.165) is 18.9 Å². The van der Waals surface area contributed by atoms with E-state index in [2.05, 4.69) is 6.92 Å². The minimum absolute atomic E-state index is 0.0941. The molecule has 1 fully saturated rings. The predicted molar refractivity (Wildman–Crippen MR) is 71.1 cm³/mol. The summed E-state index contributed by atoms with van der Waals surface area (Å²) in [5.41, 5.74) is 5.65. The Bertz CT molecular complexity index is 456. The van der Waals surface area contributed by atoms with Gasteiger partial charge in [-0.25, -0.2) is 0 Å². The smallest absolute Gasteiger partial charge is 0.399 e. The van der Waals surface area contributed by atoms with Crippen LogP contribution in [0.2, 0.25) is 0 Å². The van der Waals surface area contributed by atoms with Crippen LogP contribution in [0.25, 0.3) is 0 Å². The molecule has 1 aromatic rings. The summed E-state index contributed by atoms with van der Waals surface area (Å²) in [7, 11) is 0. The van der Waals surface area contributed by atoms with Crippen LogP contribution in [-0.4, -0.2) is 12.6 Å². The van der Waals surface area contributed by atoms with Gasteiger partial charge in [-0.2, -0.15) is 13.2 Å². The number of halogens is 3. The van der Waals surface area contributed by atoms with Crippen molar-refractivity contribution in [3.8, 4) is 0 Å². The highest BCUT2D eigenvalue weighted by atomic mass is 19.4.